The predicted octanol–water partition coefficient (Wildman–Crippen LogP) is 5.48. The van der Waals surface area contributed by atoms with E-state index in [1.54, 1.807) is 6.92 Å². The molecule has 0 fully saturated rings. The molecule has 0 aliphatic heterocycles. The number of nitrogens with zero attached hydrogens (tertiary/aromatic N) is 2. The largest absolute Gasteiger partial charge is 0.452 e. The fourth-order valence-corrected chi connectivity index (χ4v) is 3.26. The quantitative estimate of drug-likeness (QED) is 0.402. The van der Waals surface area contributed by atoms with Gasteiger partial charge in [-0.2, -0.15) is 0 Å². The van der Waals surface area contributed by atoms with Crippen LogP contribution in [0.5, 0.6) is 0 Å². The summed E-state index contributed by atoms with van der Waals surface area (Å²) in [7, 11) is 0. The minimum atomic E-state index is -0.667. The molecule has 0 aliphatic carbocycles. The molecule has 0 unspecified atom stereocenters. The van der Waals surface area contributed by atoms with E-state index in [1.807, 2.05) is 91.9 Å². The number of rotatable bonds is 6. The molecule has 0 spiro atoms. The smallest absolute Gasteiger partial charge is 0.318 e. The van der Waals surface area contributed by atoms with Crippen molar-refractivity contribution < 1.29 is 13.9 Å². The maximum absolute atomic E-state index is 13.1. The summed E-state index contributed by atoms with van der Waals surface area (Å²) in [5.41, 5.74) is 3.71. The highest BCUT2D eigenvalue weighted by Crippen LogP contribution is 2.29. The molecule has 1 aromatic heterocycles. The van der Waals surface area contributed by atoms with Gasteiger partial charge < -0.3 is 9.15 Å². The lowest BCUT2D eigenvalue weighted by atomic mass is 9.91. The predicted molar refractivity (Wildman–Crippen MR) is 114 cm³/mol. The number of aromatic nitrogens is 2. The van der Waals surface area contributed by atoms with E-state index >= 15 is 0 Å². The lowest BCUT2D eigenvalue weighted by Crippen LogP contribution is -2.19. The number of carbonyl (C=O) groups is 1. The fraction of sp³-hybridized carbons (Fsp3) is 0.160. The summed E-state index contributed by atoms with van der Waals surface area (Å²) in [5.74, 6) is -0.237. The molecule has 0 amide bonds. The normalized spacial score (nSPS) is 12.0. The second-order valence-corrected chi connectivity index (χ2v) is 7.14. The van der Waals surface area contributed by atoms with Crippen LogP contribution in [0, 0.1) is 6.92 Å². The molecule has 150 valence electrons. The average molecular weight is 398 g/mol. The van der Waals surface area contributed by atoms with Gasteiger partial charge in [0.1, 0.15) is 5.92 Å². The molecule has 1 heterocycles. The Hall–Kier alpha value is -3.73. The molecule has 3 aromatic carbocycles. The molecule has 0 radical (unpaired) electrons. The minimum absolute atomic E-state index is 0.263. The van der Waals surface area contributed by atoms with Gasteiger partial charge in [0.15, 0.2) is 6.10 Å². The highest BCUT2D eigenvalue weighted by molar-refractivity contribution is 5.82. The standard InChI is InChI=1S/C25H22N2O3/c1-17-13-15-21(16-14-17)24-27-26-23(30-24)18(2)29-25(28)22(19-9-5-3-6-10-19)20-11-7-4-8-12-20/h3-16,18,22H,1-2H3/t18-/m1/s1. The van der Waals surface area contributed by atoms with E-state index < -0.39 is 12.0 Å². The van der Waals surface area contributed by atoms with Gasteiger partial charge in [0.2, 0.25) is 5.89 Å². The number of aryl methyl sites for hydroxylation is 1. The van der Waals surface area contributed by atoms with Gasteiger partial charge in [-0.3, -0.25) is 4.79 Å². The minimum Gasteiger partial charge on any atom is -0.452 e. The van der Waals surface area contributed by atoms with Crippen molar-refractivity contribution in [1.82, 2.24) is 10.2 Å². The summed E-state index contributed by atoms with van der Waals surface area (Å²) < 4.78 is 11.5. The van der Waals surface area contributed by atoms with E-state index in [-0.39, 0.29) is 11.9 Å². The molecule has 0 aliphatic rings. The molecule has 30 heavy (non-hydrogen) atoms. The molecule has 0 bridgehead atoms. The Morgan fingerprint density at radius 3 is 1.97 bits per heavy atom. The van der Waals surface area contributed by atoms with Gasteiger partial charge in [0.05, 0.1) is 0 Å². The number of carbonyl (C=O) groups excluding carboxylic acids is 1. The van der Waals surface area contributed by atoms with Crippen LogP contribution < -0.4 is 0 Å². The van der Waals surface area contributed by atoms with Crippen molar-refractivity contribution in [1.29, 1.82) is 0 Å². The third-order valence-corrected chi connectivity index (χ3v) is 4.88. The van der Waals surface area contributed by atoms with Crippen molar-refractivity contribution in [3.8, 4) is 11.5 Å². The summed E-state index contributed by atoms with van der Waals surface area (Å²) >= 11 is 0. The number of benzene rings is 3. The van der Waals surface area contributed by atoms with Gasteiger partial charge in [0.25, 0.3) is 5.89 Å². The lowest BCUT2D eigenvalue weighted by molar-refractivity contribution is -0.150. The zero-order valence-corrected chi connectivity index (χ0v) is 16.9. The van der Waals surface area contributed by atoms with Crippen LogP contribution in [-0.4, -0.2) is 16.2 Å². The topological polar surface area (TPSA) is 65.2 Å². The number of hydrogen-bond donors (Lipinski definition) is 0. The lowest BCUT2D eigenvalue weighted by Gasteiger charge is -2.19. The zero-order chi connectivity index (χ0) is 20.9. The zero-order valence-electron chi connectivity index (χ0n) is 16.9. The van der Waals surface area contributed by atoms with Crippen LogP contribution >= 0.6 is 0 Å². The first-order valence-electron chi connectivity index (χ1n) is 9.82. The van der Waals surface area contributed by atoms with Crippen LogP contribution in [0.2, 0.25) is 0 Å². The maximum Gasteiger partial charge on any atom is 0.318 e. The van der Waals surface area contributed by atoms with Crippen molar-refractivity contribution in [3.05, 3.63) is 108 Å². The van der Waals surface area contributed by atoms with E-state index in [4.69, 9.17) is 9.15 Å². The van der Waals surface area contributed by atoms with Gasteiger partial charge >= 0.3 is 5.97 Å². The molecule has 0 saturated carbocycles. The van der Waals surface area contributed by atoms with Gasteiger partial charge in [0, 0.05) is 5.56 Å². The van der Waals surface area contributed by atoms with E-state index in [2.05, 4.69) is 10.2 Å². The SMILES string of the molecule is Cc1ccc(-c2nnc([C@@H](C)OC(=O)C(c3ccccc3)c3ccccc3)o2)cc1. The fourth-order valence-electron chi connectivity index (χ4n) is 3.26. The highest BCUT2D eigenvalue weighted by Gasteiger charge is 2.28. The van der Waals surface area contributed by atoms with E-state index in [0.717, 1.165) is 22.3 Å². The van der Waals surface area contributed by atoms with Gasteiger partial charge in [-0.05, 0) is 37.1 Å². The molecule has 0 saturated heterocycles. The van der Waals surface area contributed by atoms with Gasteiger partial charge in [-0.15, -0.1) is 10.2 Å². The number of ether oxygens (including phenoxy) is 1. The molecule has 4 rings (SSSR count). The molecule has 5 heteroatoms. The maximum atomic E-state index is 13.1. The Morgan fingerprint density at radius 2 is 1.40 bits per heavy atom. The van der Waals surface area contributed by atoms with Crippen LogP contribution in [0.1, 0.15) is 41.5 Å². The second kappa shape index (κ2) is 8.74. The van der Waals surface area contributed by atoms with Crippen LogP contribution in [0.4, 0.5) is 0 Å². The number of hydrogen-bond acceptors (Lipinski definition) is 5. The van der Waals surface area contributed by atoms with E-state index in [9.17, 15) is 4.79 Å². The third kappa shape index (κ3) is 4.30. The van der Waals surface area contributed by atoms with Crippen LogP contribution in [0.15, 0.2) is 89.3 Å². The molecule has 0 N–H and O–H groups in total. The Kier molecular flexibility index (Phi) is 5.70. The molecule has 4 aromatic rings. The van der Waals surface area contributed by atoms with Crippen LogP contribution in [0.3, 0.4) is 0 Å². The summed E-state index contributed by atoms with van der Waals surface area (Å²) in [4.78, 5) is 13.1. The van der Waals surface area contributed by atoms with Crippen LogP contribution in [-0.2, 0) is 9.53 Å². The monoisotopic (exact) mass is 398 g/mol. The average Bonchev–Trinajstić information content (AvgIpc) is 3.26. The van der Waals surface area contributed by atoms with Gasteiger partial charge in [-0.25, -0.2) is 0 Å². The van der Waals surface area contributed by atoms with Crippen molar-refractivity contribution >= 4 is 5.97 Å². The van der Waals surface area contributed by atoms with Gasteiger partial charge in [-0.1, -0.05) is 78.4 Å². The molecule has 5 nitrogen and oxygen atoms in total. The van der Waals surface area contributed by atoms with Crippen molar-refractivity contribution in [2.24, 2.45) is 0 Å². The number of esters is 1. The highest BCUT2D eigenvalue weighted by atomic mass is 16.6. The first kappa shape index (κ1) is 19.6. The molecule has 1 atom stereocenters. The third-order valence-electron chi connectivity index (χ3n) is 4.88. The Bertz CT molecular complexity index is 1070. The first-order valence-corrected chi connectivity index (χ1v) is 9.82. The first-order chi connectivity index (χ1) is 14.6. The van der Waals surface area contributed by atoms with Crippen molar-refractivity contribution in [2.45, 2.75) is 25.9 Å². The van der Waals surface area contributed by atoms with E-state index in [1.165, 1.54) is 0 Å². The molecular formula is C25H22N2O3. The van der Waals surface area contributed by atoms with Crippen LogP contribution in [0.25, 0.3) is 11.5 Å². The summed E-state index contributed by atoms with van der Waals surface area (Å²) in [5, 5.41) is 8.18. The summed E-state index contributed by atoms with van der Waals surface area (Å²) in [6, 6.07) is 27.0. The summed E-state index contributed by atoms with van der Waals surface area (Å²) in [6.07, 6.45) is -0.667. The van der Waals surface area contributed by atoms with Crippen molar-refractivity contribution in [3.63, 3.8) is 0 Å². The molecular weight excluding hydrogens is 376 g/mol. The Balaban J connectivity index is 1.55. The second-order valence-electron chi connectivity index (χ2n) is 7.14. The van der Waals surface area contributed by atoms with Crippen molar-refractivity contribution in [2.75, 3.05) is 0 Å². The Morgan fingerprint density at radius 1 is 0.833 bits per heavy atom. The summed E-state index contributed by atoms with van der Waals surface area (Å²) in [6.45, 7) is 3.75. The van der Waals surface area contributed by atoms with E-state index in [0.29, 0.717) is 5.89 Å². The Labute approximate surface area is 175 Å².